The van der Waals surface area contributed by atoms with Crippen LogP contribution in [-0.2, 0) is 22.4 Å². The van der Waals surface area contributed by atoms with E-state index in [1.54, 1.807) is 0 Å². The smallest absolute Gasteiger partial charge is 0.303 e. The number of carbonyl (C=O) groups is 2. The first kappa shape index (κ1) is 22.3. The predicted molar refractivity (Wildman–Crippen MR) is 111 cm³/mol. The summed E-state index contributed by atoms with van der Waals surface area (Å²) in [4.78, 5) is 22.1. The third-order valence-corrected chi connectivity index (χ3v) is 4.33. The van der Waals surface area contributed by atoms with Crippen LogP contribution in [0.2, 0.25) is 0 Å². The molecular formula is C23H29NO5. The van der Waals surface area contributed by atoms with Crippen LogP contribution in [0.1, 0.15) is 37.3 Å². The molecule has 0 unspecified atom stereocenters. The topological polar surface area (TPSA) is 84.9 Å². The second-order valence-electron chi connectivity index (χ2n) is 6.69. The normalized spacial score (nSPS) is 10.4. The number of nitrogens with one attached hydrogen (secondary N) is 1. The van der Waals surface area contributed by atoms with Crippen molar-refractivity contribution in [2.45, 2.75) is 39.0 Å². The lowest BCUT2D eigenvalue weighted by Gasteiger charge is -2.13. The van der Waals surface area contributed by atoms with E-state index in [1.807, 2.05) is 36.4 Å². The third kappa shape index (κ3) is 8.68. The molecule has 156 valence electrons. The molecule has 2 N–H and O–H groups in total. The first-order valence-corrected chi connectivity index (χ1v) is 9.99. The average Bonchev–Trinajstić information content (AvgIpc) is 2.72. The highest BCUT2D eigenvalue weighted by Gasteiger charge is 2.07. The molecule has 0 bridgehead atoms. The molecule has 0 fully saturated rings. The summed E-state index contributed by atoms with van der Waals surface area (Å²) in [6.45, 7) is 3.44. The molecule has 0 aliphatic carbocycles. The Bertz CT molecular complexity index is 773. The van der Waals surface area contributed by atoms with Crippen LogP contribution >= 0.6 is 0 Å². The Balaban J connectivity index is 1.72. The van der Waals surface area contributed by atoms with Crippen molar-refractivity contribution in [3.05, 3.63) is 59.7 Å². The Labute approximate surface area is 171 Å². The first-order valence-electron chi connectivity index (χ1n) is 9.99. The summed E-state index contributed by atoms with van der Waals surface area (Å²) >= 11 is 0. The van der Waals surface area contributed by atoms with Gasteiger partial charge in [-0.3, -0.25) is 9.59 Å². The van der Waals surface area contributed by atoms with E-state index in [0.717, 1.165) is 29.9 Å². The Hall–Kier alpha value is -3.02. The number of aliphatic carboxylic acids is 1. The molecule has 1 amide bonds. The van der Waals surface area contributed by atoms with Crippen molar-refractivity contribution in [3.8, 4) is 11.5 Å². The zero-order valence-corrected chi connectivity index (χ0v) is 16.9. The van der Waals surface area contributed by atoms with E-state index in [4.69, 9.17) is 14.6 Å². The van der Waals surface area contributed by atoms with Crippen LogP contribution in [0.5, 0.6) is 11.5 Å². The summed E-state index contributed by atoms with van der Waals surface area (Å²) in [5, 5.41) is 11.3. The minimum Gasteiger partial charge on any atom is -0.490 e. The van der Waals surface area contributed by atoms with Crippen molar-refractivity contribution >= 4 is 11.9 Å². The van der Waals surface area contributed by atoms with Crippen LogP contribution in [0.4, 0.5) is 0 Å². The molecule has 2 rings (SSSR count). The quantitative estimate of drug-likeness (QED) is 0.503. The maximum atomic E-state index is 11.6. The number of benzene rings is 2. The molecule has 2 aromatic rings. The zero-order chi connectivity index (χ0) is 20.9. The van der Waals surface area contributed by atoms with Crippen molar-refractivity contribution in [1.82, 2.24) is 5.32 Å². The Morgan fingerprint density at radius 1 is 0.931 bits per heavy atom. The summed E-state index contributed by atoms with van der Waals surface area (Å²) < 4.78 is 11.6. The summed E-state index contributed by atoms with van der Waals surface area (Å²) in [5.41, 5.74) is 2.29. The highest BCUT2D eigenvalue weighted by Crippen LogP contribution is 2.18. The van der Waals surface area contributed by atoms with Crippen LogP contribution in [0, 0.1) is 0 Å². The molecule has 0 saturated heterocycles. The largest absolute Gasteiger partial charge is 0.490 e. The van der Waals surface area contributed by atoms with Gasteiger partial charge in [0.2, 0.25) is 5.91 Å². The first-order chi connectivity index (χ1) is 14.1. The van der Waals surface area contributed by atoms with Gasteiger partial charge in [0, 0.05) is 13.0 Å². The molecule has 0 aliphatic heterocycles. The molecule has 0 heterocycles. The van der Waals surface area contributed by atoms with Gasteiger partial charge in [0.15, 0.2) is 0 Å². The van der Waals surface area contributed by atoms with Gasteiger partial charge in [0.05, 0.1) is 6.42 Å². The fourth-order valence-corrected chi connectivity index (χ4v) is 2.85. The Kier molecular flexibility index (Phi) is 9.55. The molecule has 6 nitrogen and oxygen atoms in total. The van der Waals surface area contributed by atoms with Gasteiger partial charge in [-0.1, -0.05) is 43.7 Å². The minimum absolute atomic E-state index is 0.00968. The Morgan fingerprint density at radius 3 is 2.38 bits per heavy atom. The van der Waals surface area contributed by atoms with Gasteiger partial charge in [-0.05, 0) is 42.2 Å². The number of rotatable bonds is 13. The number of amides is 1. The van der Waals surface area contributed by atoms with Crippen molar-refractivity contribution in [3.63, 3.8) is 0 Å². The van der Waals surface area contributed by atoms with E-state index in [2.05, 4.69) is 24.4 Å². The van der Waals surface area contributed by atoms with E-state index in [1.165, 1.54) is 5.56 Å². The fourth-order valence-electron chi connectivity index (χ4n) is 2.85. The number of aryl methyl sites for hydroxylation is 1. The molecular weight excluding hydrogens is 370 g/mol. The number of hydrogen-bond acceptors (Lipinski definition) is 4. The number of carbonyl (C=O) groups excluding carboxylic acids is 1. The van der Waals surface area contributed by atoms with Crippen LogP contribution in [-0.4, -0.2) is 36.7 Å². The number of hydrogen-bond donors (Lipinski definition) is 2. The summed E-state index contributed by atoms with van der Waals surface area (Å²) in [5.74, 6) is 0.349. The van der Waals surface area contributed by atoms with Crippen molar-refractivity contribution in [2.24, 2.45) is 0 Å². The second kappa shape index (κ2) is 12.4. The van der Waals surface area contributed by atoms with E-state index in [0.29, 0.717) is 26.2 Å². The van der Waals surface area contributed by atoms with E-state index in [9.17, 15) is 9.59 Å². The minimum atomic E-state index is -0.974. The lowest BCUT2D eigenvalue weighted by Crippen LogP contribution is -2.26. The highest BCUT2D eigenvalue weighted by molar-refractivity contribution is 5.80. The molecule has 29 heavy (non-hydrogen) atoms. The van der Waals surface area contributed by atoms with Gasteiger partial charge in [-0.2, -0.15) is 0 Å². The third-order valence-electron chi connectivity index (χ3n) is 4.33. The van der Waals surface area contributed by atoms with Crippen LogP contribution in [0.25, 0.3) is 0 Å². The van der Waals surface area contributed by atoms with Crippen LogP contribution < -0.4 is 14.8 Å². The summed E-state index contributed by atoms with van der Waals surface area (Å²) in [6.07, 6.45) is 2.63. The fraction of sp³-hybridized carbons (Fsp3) is 0.391. The van der Waals surface area contributed by atoms with Crippen molar-refractivity contribution in [1.29, 1.82) is 0 Å². The molecule has 0 radical (unpaired) electrons. The number of carboxylic acid groups (broad SMARTS) is 1. The van der Waals surface area contributed by atoms with Gasteiger partial charge >= 0.3 is 5.97 Å². The van der Waals surface area contributed by atoms with Gasteiger partial charge < -0.3 is 19.9 Å². The standard InChI is InChI=1S/C23H29NO5/c1-2-5-18-8-10-20(11-9-18)28-16-17-29-21-7-4-3-6-19(21)14-15-24-22(25)12-13-23(26)27/h3-4,6-11H,2,5,12-17H2,1H3,(H,24,25)(H,26,27). The molecule has 2 aromatic carbocycles. The molecule has 6 heteroatoms. The lowest BCUT2D eigenvalue weighted by molar-refractivity contribution is -0.138. The van der Waals surface area contributed by atoms with E-state index >= 15 is 0 Å². The molecule has 0 saturated carbocycles. The SMILES string of the molecule is CCCc1ccc(OCCOc2ccccc2CCNC(=O)CCC(=O)O)cc1. The molecule has 0 atom stereocenters. The van der Waals surface area contributed by atoms with Crippen LogP contribution in [0.15, 0.2) is 48.5 Å². The van der Waals surface area contributed by atoms with E-state index < -0.39 is 5.97 Å². The average molecular weight is 399 g/mol. The van der Waals surface area contributed by atoms with E-state index in [-0.39, 0.29) is 18.7 Å². The molecule has 0 aliphatic rings. The molecule has 0 spiro atoms. The van der Waals surface area contributed by atoms with Crippen molar-refractivity contribution < 1.29 is 24.2 Å². The number of carboxylic acids is 1. The zero-order valence-electron chi connectivity index (χ0n) is 16.9. The maximum absolute atomic E-state index is 11.6. The van der Waals surface area contributed by atoms with Crippen molar-refractivity contribution in [2.75, 3.05) is 19.8 Å². The Morgan fingerprint density at radius 2 is 1.66 bits per heavy atom. The number of ether oxygens (including phenoxy) is 2. The summed E-state index contributed by atoms with van der Waals surface area (Å²) in [6, 6.07) is 15.8. The maximum Gasteiger partial charge on any atom is 0.303 e. The number of para-hydroxylation sites is 1. The van der Waals surface area contributed by atoms with Gasteiger partial charge in [0.1, 0.15) is 24.7 Å². The van der Waals surface area contributed by atoms with Crippen LogP contribution in [0.3, 0.4) is 0 Å². The lowest BCUT2D eigenvalue weighted by atomic mass is 10.1. The van der Waals surface area contributed by atoms with Gasteiger partial charge in [-0.15, -0.1) is 0 Å². The predicted octanol–water partition coefficient (Wildman–Crippen LogP) is 3.62. The molecule has 0 aromatic heterocycles. The van der Waals surface area contributed by atoms with Gasteiger partial charge in [-0.25, -0.2) is 0 Å². The monoisotopic (exact) mass is 399 g/mol. The van der Waals surface area contributed by atoms with Gasteiger partial charge in [0.25, 0.3) is 0 Å². The summed E-state index contributed by atoms with van der Waals surface area (Å²) in [7, 11) is 0. The highest BCUT2D eigenvalue weighted by atomic mass is 16.5. The second-order valence-corrected chi connectivity index (χ2v) is 6.69.